The molecule has 1 N–H and O–H groups in total. The van der Waals surface area contributed by atoms with E-state index in [0.717, 1.165) is 40.5 Å². The van der Waals surface area contributed by atoms with E-state index in [1.54, 1.807) is 4.90 Å². The Morgan fingerprint density at radius 1 is 1.08 bits per heavy atom. The molecule has 0 aliphatic carbocycles. The van der Waals surface area contributed by atoms with Gasteiger partial charge in [-0.2, -0.15) is 0 Å². The number of benzene rings is 2. The Morgan fingerprint density at radius 2 is 1.92 bits per heavy atom. The van der Waals surface area contributed by atoms with E-state index < -0.39 is 0 Å². The molecule has 2 aliphatic rings. The summed E-state index contributed by atoms with van der Waals surface area (Å²) in [5, 5.41) is 2.97. The van der Waals surface area contributed by atoms with Crippen LogP contribution in [-0.4, -0.2) is 30.9 Å². The number of amides is 2. The number of carbonyl (C=O) groups is 1. The van der Waals surface area contributed by atoms with Crippen LogP contribution in [0.15, 0.2) is 36.4 Å². The minimum atomic E-state index is -0.126. The minimum Gasteiger partial charge on any atom is -0.493 e. The maximum absolute atomic E-state index is 12.6. The van der Waals surface area contributed by atoms with Gasteiger partial charge in [-0.3, -0.25) is 0 Å². The molecule has 0 atom stereocenters. The predicted molar refractivity (Wildman–Crippen MR) is 93.3 cm³/mol. The number of hydrogen-bond donors (Lipinski definition) is 1. The molecule has 0 radical (unpaired) electrons. The third-order valence-corrected chi connectivity index (χ3v) is 4.42. The number of anilines is 1. The average molecular weight is 340 g/mol. The van der Waals surface area contributed by atoms with Crippen molar-refractivity contribution >= 4 is 11.7 Å². The summed E-state index contributed by atoms with van der Waals surface area (Å²) in [6.45, 7) is 4.03. The number of nitrogens with one attached hydrogen (secondary N) is 1. The number of urea groups is 1. The second-order valence-corrected chi connectivity index (χ2v) is 6.05. The van der Waals surface area contributed by atoms with Crippen molar-refractivity contribution in [3.8, 4) is 17.2 Å². The number of fused-ring (bicyclic) bond motifs is 2. The zero-order valence-electron chi connectivity index (χ0n) is 14.1. The Bertz CT molecular complexity index is 806. The molecule has 0 saturated heterocycles. The molecule has 0 bridgehead atoms. The first-order chi connectivity index (χ1) is 12.2. The van der Waals surface area contributed by atoms with E-state index in [4.69, 9.17) is 14.2 Å². The lowest BCUT2D eigenvalue weighted by Crippen LogP contribution is -2.34. The van der Waals surface area contributed by atoms with Crippen molar-refractivity contribution in [3.63, 3.8) is 0 Å². The van der Waals surface area contributed by atoms with Crippen LogP contribution in [0.3, 0.4) is 0 Å². The van der Waals surface area contributed by atoms with Crippen molar-refractivity contribution in [1.82, 2.24) is 4.90 Å². The third-order valence-electron chi connectivity index (χ3n) is 4.42. The predicted octanol–water partition coefficient (Wildman–Crippen LogP) is 3.40. The maximum atomic E-state index is 12.6. The monoisotopic (exact) mass is 340 g/mol. The molecular weight excluding hydrogens is 320 g/mol. The van der Waals surface area contributed by atoms with Crippen molar-refractivity contribution in [2.45, 2.75) is 19.9 Å². The molecule has 6 heteroatoms. The molecule has 2 aliphatic heterocycles. The lowest BCUT2D eigenvalue weighted by molar-refractivity contribution is 0.174. The summed E-state index contributed by atoms with van der Waals surface area (Å²) in [7, 11) is 0. The highest BCUT2D eigenvalue weighted by molar-refractivity contribution is 5.89. The van der Waals surface area contributed by atoms with Gasteiger partial charge in [-0.15, -0.1) is 0 Å². The van der Waals surface area contributed by atoms with Crippen molar-refractivity contribution in [3.05, 3.63) is 47.5 Å². The van der Waals surface area contributed by atoms with Gasteiger partial charge in [0, 0.05) is 25.2 Å². The number of nitrogens with zero attached hydrogens (tertiary/aromatic N) is 1. The van der Waals surface area contributed by atoms with Crippen molar-refractivity contribution in [1.29, 1.82) is 0 Å². The van der Waals surface area contributed by atoms with Gasteiger partial charge >= 0.3 is 6.03 Å². The maximum Gasteiger partial charge on any atom is 0.322 e. The van der Waals surface area contributed by atoms with Gasteiger partial charge in [0.05, 0.1) is 6.61 Å². The molecule has 0 unspecified atom stereocenters. The van der Waals surface area contributed by atoms with Crippen LogP contribution in [0.25, 0.3) is 0 Å². The molecule has 4 rings (SSSR count). The fourth-order valence-electron chi connectivity index (χ4n) is 3.05. The van der Waals surface area contributed by atoms with Gasteiger partial charge in [0.1, 0.15) is 5.75 Å². The standard InChI is InChI=1S/C19H20N2O4/c1-2-21(11-13-3-5-17-18(9-13)25-12-24-17)19(22)20-15-4-6-16-14(10-15)7-8-23-16/h3-6,9-10H,2,7-8,11-12H2,1H3,(H,20,22). The van der Waals surface area contributed by atoms with E-state index in [1.165, 1.54) is 0 Å². The Morgan fingerprint density at radius 3 is 2.80 bits per heavy atom. The fraction of sp³-hybridized carbons (Fsp3) is 0.316. The van der Waals surface area contributed by atoms with Gasteiger partial charge in [0.25, 0.3) is 0 Å². The van der Waals surface area contributed by atoms with Crippen LogP contribution < -0.4 is 19.5 Å². The summed E-state index contributed by atoms with van der Waals surface area (Å²) in [4.78, 5) is 14.4. The molecule has 6 nitrogen and oxygen atoms in total. The van der Waals surface area contributed by atoms with Crippen LogP contribution in [0.4, 0.5) is 10.5 Å². The molecule has 130 valence electrons. The lowest BCUT2D eigenvalue weighted by Gasteiger charge is -2.22. The topological polar surface area (TPSA) is 60.0 Å². The highest BCUT2D eigenvalue weighted by Gasteiger charge is 2.18. The summed E-state index contributed by atoms with van der Waals surface area (Å²) in [5.74, 6) is 2.38. The van der Waals surface area contributed by atoms with Gasteiger partial charge in [-0.1, -0.05) is 6.07 Å². The molecule has 2 aromatic carbocycles. The van der Waals surface area contributed by atoms with Gasteiger partial charge in [-0.25, -0.2) is 4.79 Å². The number of rotatable bonds is 4. The Balaban J connectivity index is 1.44. The molecule has 25 heavy (non-hydrogen) atoms. The van der Waals surface area contributed by atoms with Crippen LogP contribution in [0.5, 0.6) is 17.2 Å². The number of hydrogen-bond acceptors (Lipinski definition) is 4. The Hall–Kier alpha value is -2.89. The van der Waals surface area contributed by atoms with Crippen molar-refractivity contribution in [2.24, 2.45) is 0 Å². The fourth-order valence-corrected chi connectivity index (χ4v) is 3.05. The summed E-state index contributed by atoms with van der Waals surface area (Å²) in [6, 6.07) is 11.4. The molecule has 0 spiro atoms. The Kier molecular flexibility index (Phi) is 4.09. The molecule has 2 heterocycles. The van der Waals surface area contributed by atoms with Crippen LogP contribution >= 0.6 is 0 Å². The smallest absolute Gasteiger partial charge is 0.322 e. The summed E-state index contributed by atoms with van der Waals surface area (Å²) >= 11 is 0. The van der Waals surface area contributed by atoms with Crippen LogP contribution in [0, 0.1) is 0 Å². The molecule has 2 aromatic rings. The highest BCUT2D eigenvalue weighted by Crippen LogP contribution is 2.33. The average Bonchev–Trinajstić information content (AvgIpc) is 3.27. The summed E-state index contributed by atoms with van der Waals surface area (Å²) in [6.07, 6.45) is 0.883. The Labute approximate surface area is 146 Å². The molecule has 0 aromatic heterocycles. The second-order valence-electron chi connectivity index (χ2n) is 6.05. The zero-order chi connectivity index (χ0) is 17.2. The van der Waals surface area contributed by atoms with Gasteiger partial charge < -0.3 is 24.4 Å². The van der Waals surface area contributed by atoms with E-state index in [0.29, 0.717) is 19.7 Å². The van der Waals surface area contributed by atoms with Gasteiger partial charge in [0.15, 0.2) is 11.5 Å². The van der Waals surface area contributed by atoms with E-state index >= 15 is 0 Å². The largest absolute Gasteiger partial charge is 0.493 e. The first-order valence-electron chi connectivity index (χ1n) is 8.43. The van der Waals surface area contributed by atoms with Crippen LogP contribution in [-0.2, 0) is 13.0 Å². The van der Waals surface area contributed by atoms with E-state index in [9.17, 15) is 4.79 Å². The van der Waals surface area contributed by atoms with Crippen LogP contribution in [0.2, 0.25) is 0 Å². The first-order valence-corrected chi connectivity index (χ1v) is 8.43. The van der Waals surface area contributed by atoms with E-state index in [1.807, 2.05) is 43.3 Å². The SMILES string of the molecule is CCN(Cc1ccc2c(c1)OCO2)C(=O)Nc1ccc2c(c1)CCO2. The van der Waals surface area contributed by atoms with E-state index in [-0.39, 0.29) is 12.8 Å². The lowest BCUT2D eigenvalue weighted by atomic mass is 10.1. The van der Waals surface area contributed by atoms with Gasteiger partial charge in [-0.05, 0) is 48.4 Å². The molecule has 2 amide bonds. The van der Waals surface area contributed by atoms with Crippen molar-refractivity contribution < 1.29 is 19.0 Å². The normalized spacial score (nSPS) is 14.0. The third kappa shape index (κ3) is 3.20. The first kappa shape index (κ1) is 15.6. The molecule has 0 fully saturated rings. The summed E-state index contributed by atoms with van der Waals surface area (Å²) in [5.41, 5.74) is 2.93. The number of ether oxygens (including phenoxy) is 3. The van der Waals surface area contributed by atoms with Crippen LogP contribution in [0.1, 0.15) is 18.1 Å². The number of carbonyl (C=O) groups excluding carboxylic acids is 1. The zero-order valence-corrected chi connectivity index (χ0v) is 14.1. The summed E-state index contributed by atoms with van der Waals surface area (Å²) < 4.78 is 16.2. The highest BCUT2D eigenvalue weighted by atomic mass is 16.7. The van der Waals surface area contributed by atoms with Crippen molar-refractivity contribution in [2.75, 3.05) is 25.3 Å². The minimum absolute atomic E-state index is 0.126. The van der Waals surface area contributed by atoms with Gasteiger partial charge in [0.2, 0.25) is 6.79 Å². The second kappa shape index (κ2) is 6.55. The molecular formula is C19H20N2O4. The quantitative estimate of drug-likeness (QED) is 0.927. The van der Waals surface area contributed by atoms with E-state index in [2.05, 4.69) is 5.32 Å². The molecule has 0 saturated carbocycles.